The van der Waals surface area contributed by atoms with Crippen LogP contribution in [0.4, 0.5) is 17.6 Å². The van der Waals surface area contributed by atoms with Crippen LogP contribution in [0.5, 0.6) is 0 Å². The number of aromatic nitrogens is 1. The van der Waals surface area contributed by atoms with E-state index in [-0.39, 0.29) is 4.64 Å². The Bertz CT molecular complexity index is 613. The van der Waals surface area contributed by atoms with Crippen molar-refractivity contribution in [3.63, 3.8) is 0 Å². The maximum atomic E-state index is 12.7. The lowest BCUT2D eigenvalue weighted by molar-refractivity contribution is -0.138. The third-order valence-corrected chi connectivity index (χ3v) is 2.72. The van der Waals surface area contributed by atoms with E-state index in [0.717, 1.165) is 6.07 Å². The van der Waals surface area contributed by atoms with E-state index in [9.17, 15) is 17.6 Å². The lowest BCUT2D eigenvalue weighted by atomic mass is 10.1. The molecule has 0 saturated carbocycles. The molecule has 2 rings (SSSR count). The van der Waals surface area contributed by atoms with Crippen molar-refractivity contribution in [1.82, 2.24) is 4.98 Å². The monoisotopic (exact) mass is 273 g/mol. The summed E-state index contributed by atoms with van der Waals surface area (Å²) in [5, 5.41) is 0. The second-order valence-corrected chi connectivity index (χ2v) is 4.04. The smallest absolute Gasteiger partial charge is 0.352 e. The van der Waals surface area contributed by atoms with Gasteiger partial charge in [0.2, 0.25) is 0 Å². The molecule has 0 spiro atoms. The number of rotatable bonds is 1. The van der Waals surface area contributed by atoms with Crippen LogP contribution in [0.1, 0.15) is 5.56 Å². The van der Waals surface area contributed by atoms with Crippen LogP contribution in [0.15, 0.2) is 36.5 Å². The standard InChI is InChI=1S/C12H7F4NS/c13-9-3-1-7(2-4-9)8-5-10(12(14,15)16)11(18)17-6-8/h1-6H,(H,17,18). The minimum atomic E-state index is -4.51. The molecule has 6 heteroatoms. The van der Waals surface area contributed by atoms with Crippen LogP contribution in [-0.2, 0) is 6.18 Å². The maximum Gasteiger partial charge on any atom is 0.419 e. The highest BCUT2D eigenvalue weighted by atomic mass is 32.1. The highest BCUT2D eigenvalue weighted by molar-refractivity contribution is 7.71. The molecule has 94 valence electrons. The van der Waals surface area contributed by atoms with E-state index in [0.29, 0.717) is 11.1 Å². The molecule has 18 heavy (non-hydrogen) atoms. The van der Waals surface area contributed by atoms with Crippen molar-refractivity contribution in [2.24, 2.45) is 0 Å². The third-order valence-electron chi connectivity index (χ3n) is 2.39. The van der Waals surface area contributed by atoms with Gasteiger partial charge >= 0.3 is 6.18 Å². The molecule has 0 atom stereocenters. The average molecular weight is 273 g/mol. The van der Waals surface area contributed by atoms with Crippen molar-refractivity contribution in [2.45, 2.75) is 6.18 Å². The molecule has 1 aromatic heterocycles. The molecule has 2 aromatic rings. The van der Waals surface area contributed by atoms with E-state index in [1.54, 1.807) is 0 Å². The highest BCUT2D eigenvalue weighted by Crippen LogP contribution is 2.32. The Balaban J connectivity index is 2.54. The predicted octanol–water partition coefficient (Wildman–Crippen LogP) is 4.57. The molecule has 1 heterocycles. The molecule has 0 saturated heterocycles. The van der Waals surface area contributed by atoms with Crippen LogP contribution in [0.3, 0.4) is 0 Å². The Hall–Kier alpha value is -1.69. The molecule has 0 aliphatic carbocycles. The van der Waals surface area contributed by atoms with Crippen molar-refractivity contribution in [2.75, 3.05) is 0 Å². The second kappa shape index (κ2) is 4.53. The number of alkyl halides is 3. The Morgan fingerprint density at radius 3 is 2.17 bits per heavy atom. The third kappa shape index (κ3) is 2.59. The molecule has 0 bridgehead atoms. The van der Waals surface area contributed by atoms with Gasteiger partial charge in [-0.2, -0.15) is 13.2 Å². The lowest BCUT2D eigenvalue weighted by Gasteiger charge is -2.09. The van der Waals surface area contributed by atoms with E-state index in [4.69, 9.17) is 0 Å². The zero-order valence-electron chi connectivity index (χ0n) is 8.88. The number of hydrogen-bond donors (Lipinski definition) is 1. The SMILES string of the molecule is Fc1ccc(-c2c[nH]c(=S)c(C(F)(F)F)c2)cc1. The minimum Gasteiger partial charge on any atom is -0.352 e. The summed E-state index contributed by atoms with van der Waals surface area (Å²) in [5.41, 5.74) is -0.122. The van der Waals surface area contributed by atoms with Crippen molar-refractivity contribution >= 4 is 12.2 Å². The van der Waals surface area contributed by atoms with Crippen LogP contribution in [0.2, 0.25) is 0 Å². The second-order valence-electron chi connectivity index (χ2n) is 3.64. The number of nitrogens with one attached hydrogen (secondary N) is 1. The molecule has 0 fully saturated rings. The van der Waals surface area contributed by atoms with Crippen molar-refractivity contribution in [3.05, 3.63) is 52.5 Å². The number of pyridine rings is 1. The van der Waals surface area contributed by atoms with Crippen LogP contribution >= 0.6 is 12.2 Å². The van der Waals surface area contributed by atoms with Gasteiger partial charge in [-0.15, -0.1) is 0 Å². The average Bonchev–Trinajstić information content (AvgIpc) is 2.29. The number of benzene rings is 1. The van der Waals surface area contributed by atoms with E-state index in [1.165, 1.54) is 30.5 Å². The summed E-state index contributed by atoms with van der Waals surface area (Å²) in [4.78, 5) is 2.39. The van der Waals surface area contributed by atoms with Gasteiger partial charge in [0.25, 0.3) is 0 Å². The molecule has 1 aromatic carbocycles. The molecule has 1 N–H and O–H groups in total. The van der Waals surface area contributed by atoms with Crippen molar-refractivity contribution in [3.8, 4) is 11.1 Å². The van der Waals surface area contributed by atoms with E-state index < -0.39 is 17.6 Å². The van der Waals surface area contributed by atoms with Gasteiger partial charge < -0.3 is 4.98 Å². The molecular weight excluding hydrogens is 266 g/mol. The van der Waals surface area contributed by atoms with Gasteiger partial charge in [-0.1, -0.05) is 24.4 Å². The Kier molecular flexibility index (Phi) is 3.21. The minimum absolute atomic E-state index is 0.302. The van der Waals surface area contributed by atoms with Gasteiger partial charge in [-0.3, -0.25) is 0 Å². The molecule has 0 amide bonds. The van der Waals surface area contributed by atoms with Gasteiger partial charge in [0, 0.05) is 6.20 Å². The highest BCUT2D eigenvalue weighted by Gasteiger charge is 2.32. The first-order chi connectivity index (χ1) is 8.38. The Morgan fingerprint density at radius 2 is 1.61 bits per heavy atom. The van der Waals surface area contributed by atoms with Crippen molar-refractivity contribution in [1.29, 1.82) is 0 Å². The first kappa shape index (κ1) is 12.8. The van der Waals surface area contributed by atoms with Gasteiger partial charge in [0.05, 0.1) is 5.56 Å². The summed E-state index contributed by atoms with van der Waals surface area (Å²) < 4.78 is 50.3. The van der Waals surface area contributed by atoms with Crippen LogP contribution in [0, 0.1) is 10.5 Å². The van der Waals surface area contributed by atoms with Crippen LogP contribution < -0.4 is 0 Å². The number of halogens is 4. The fourth-order valence-electron chi connectivity index (χ4n) is 1.50. The molecule has 1 nitrogen and oxygen atoms in total. The normalized spacial score (nSPS) is 11.6. The molecule has 0 unspecified atom stereocenters. The predicted molar refractivity (Wildman–Crippen MR) is 62.0 cm³/mol. The van der Waals surface area contributed by atoms with E-state index >= 15 is 0 Å². The van der Waals surface area contributed by atoms with Gasteiger partial charge in [0.15, 0.2) is 0 Å². The summed E-state index contributed by atoms with van der Waals surface area (Å²) in [7, 11) is 0. The van der Waals surface area contributed by atoms with Gasteiger partial charge in [0.1, 0.15) is 10.5 Å². The fraction of sp³-hybridized carbons (Fsp3) is 0.0833. The quantitative estimate of drug-likeness (QED) is 0.594. The topological polar surface area (TPSA) is 15.8 Å². The molecule has 0 aliphatic heterocycles. The lowest BCUT2D eigenvalue weighted by Crippen LogP contribution is -2.07. The largest absolute Gasteiger partial charge is 0.419 e. The number of H-pyrrole nitrogens is 1. The molecular formula is C12H7F4NS. The first-order valence-electron chi connectivity index (χ1n) is 4.94. The summed E-state index contributed by atoms with van der Waals surface area (Å²) in [6.07, 6.45) is -3.14. The van der Waals surface area contributed by atoms with E-state index in [1.807, 2.05) is 0 Å². The van der Waals surface area contributed by atoms with Gasteiger partial charge in [-0.25, -0.2) is 4.39 Å². The maximum absolute atomic E-state index is 12.7. The number of hydrogen-bond acceptors (Lipinski definition) is 1. The first-order valence-corrected chi connectivity index (χ1v) is 5.34. The number of aromatic amines is 1. The fourth-order valence-corrected chi connectivity index (χ4v) is 1.74. The summed E-state index contributed by atoms with van der Waals surface area (Å²) in [5.74, 6) is -0.446. The summed E-state index contributed by atoms with van der Waals surface area (Å²) in [6.45, 7) is 0. The zero-order chi connectivity index (χ0) is 13.3. The van der Waals surface area contributed by atoms with Crippen LogP contribution in [-0.4, -0.2) is 4.98 Å². The van der Waals surface area contributed by atoms with Gasteiger partial charge in [-0.05, 0) is 29.3 Å². The molecule has 0 aliphatic rings. The Labute approximate surface area is 105 Å². The summed E-state index contributed by atoms with van der Waals surface area (Å²) >= 11 is 4.59. The van der Waals surface area contributed by atoms with Crippen LogP contribution in [0.25, 0.3) is 11.1 Å². The van der Waals surface area contributed by atoms with E-state index in [2.05, 4.69) is 17.2 Å². The zero-order valence-corrected chi connectivity index (χ0v) is 9.70. The molecule has 0 radical (unpaired) electrons. The van der Waals surface area contributed by atoms with Crippen molar-refractivity contribution < 1.29 is 17.6 Å². The summed E-state index contributed by atoms with van der Waals surface area (Å²) in [6, 6.07) is 6.13. The Morgan fingerprint density at radius 1 is 1.00 bits per heavy atom.